The molecule has 0 aliphatic carbocycles. The first kappa shape index (κ1) is 13.4. The van der Waals surface area contributed by atoms with Gasteiger partial charge in [-0.3, -0.25) is 9.59 Å². The first-order valence-electron chi connectivity index (χ1n) is 6.79. The number of ketones is 1. The SMILES string of the molecule is Cc1ccc(C(=O)NC2COc3ccccc3C2=O)cc1. The number of aryl methyl sites for hydroxylation is 1. The molecule has 2 aromatic rings. The molecule has 4 heteroatoms. The highest BCUT2D eigenvalue weighted by atomic mass is 16.5. The van der Waals surface area contributed by atoms with Crippen LogP contribution in [0, 0.1) is 6.92 Å². The molecule has 3 rings (SSSR count). The number of benzene rings is 2. The Balaban J connectivity index is 1.76. The molecule has 0 radical (unpaired) electrons. The highest BCUT2D eigenvalue weighted by Crippen LogP contribution is 2.24. The summed E-state index contributed by atoms with van der Waals surface area (Å²) in [7, 11) is 0. The van der Waals surface area contributed by atoms with Crippen LogP contribution in [-0.4, -0.2) is 24.3 Å². The van der Waals surface area contributed by atoms with Crippen LogP contribution in [0.4, 0.5) is 0 Å². The quantitative estimate of drug-likeness (QED) is 0.919. The molecule has 0 spiro atoms. The van der Waals surface area contributed by atoms with Crippen molar-refractivity contribution < 1.29 is 14.3 Å². The smallest absolute Gasteiger partial charge is 0.251 e. The van der Waals surface area contributed by atoms with Crippen LogP contribution in [0.25, 0.3) is 0 Å². The maximum absolute atomic E-state index is 12.3. The molecule has 0 fully saturated rings. The van der Waals surface area contributed by atoms with Crippen LogP contribution in [0.15, 0.2) is 48.5 Å². The molecule has 106 valence electrons. The van der Waals surface area contributed by atoms with E-state index in [-0.39, 0.29) is 18.3 Å². The van der Waals surface area contributed by atoms with Crippen LogP contribution in [0.2, 0.25) is 0 Å². The first-order chi connectivity index (χ1) is 10.1. The number of hydrogen-bond acceptors (Lipinski definition) is 3. The van der Waals surface area contributed by atoms with Crippen LogP contribution in [0.1, 0.15) is 26.3 Å². The average Bonchev–Trinajstić information content (AvgIpc) is 2.51. The summed E-state index contributed by atoms with van der Waals surface area (Å²) in [5.74, 6) is 0.192. The first-order valence-corrected chi connectivity index (χ1v) is 6.79. The van der Waals surface area contributed by atoms with Crippen molar-refractivity contribution in [2.24, 2.45) is 0 Å². The number of para-hydroxylation sites is 1. The molecule has 1 N–H and O–H groups in total. The van der Waals surface area contributed by atoms with Gasteiger partial charge in [0.2, 0.25) is 0 Å². The van der Waals surface area contributed by atoms with Gasteiger partial charge in [-0.15, -0.1) is 0 Å². The van der Waals surface area contributed by atoms with E-state index in [1.54, 1.807) is 30.3 Å². The van der Waals surface area contributed by atoms with Crippen LogP contribution >= 0.6 is 0 Å². The van der Waals surface area contributed by atoms with Crippen LogP contribution in [-0.2, 0) is 0 Å². The van der Waals surface area contributed by atoms with Gasteiger partial charge in [0.15, 0.2) is 5.78 Å². The van der Waals surface area contributed by atoms with Gasteiger partial charge in [0.1, 0.15) is 18.4 Å². The van der Waals surface area contributed by atoms with E-state index in [2.05, 4.69) is 5.32 Å². The number of carbonyl (C=O) groups excluding carboxylic acids is 2. The number of Topliss-reactive ketones (excluding diaryl/α,β-unsaturated/α-hetero) is 1. The topological polar surface area (TPSA) is 55.4 Å². The lowest BCUT2D eigenvalue weighted by Crippen LogP contribution is -2.47. The highest BCUT2D eigenvalue weighted by molar-refractivity contribution is 6.06. The Bertz CT molecular complexity index is 691. The van der Waals surface area contributed by atoms with Gasteiger partial charge in [0.25, 0.3) is 5.91 Å². The number of carbonyl (C=O) groups is 2. The fraction of sp³-hybridized carbons (Fsp3) is 0.176. The lowest BCUT2D eigenvalue weighted by atomic mass is 10.0. The number of ether oxygens (including phenoxy) is 1. The van der Waals surface area contributed by atoms with Crippen LogP contribution in [0.5, 0.6) is 5.75 Å². The van der Waals surface area contributed by atoms with E-state index in [9.17, 15) is 9.59 Å². The van der Waals surface area contributed by atoms with Gasteiger partial charge in [-0.25, -0.2) is 0 Å². The second-order valence-electron chi connectivity index (χ2n) is 5.06. The molecule has 2 aromatic carbocycles. The summed E-state index contributed by atoms with van der Waals surface area (Å²) in [4.78, 5) is 24.5. The Morgan fingerprint density at radius 1 is 1.14 bits per heavy atom. The minimum absolute atomic E-state index is 0.114. The number of hydrogen-bond donors (Lipinski definition) is 1. The summed E-state index contributed by atoms with van der Waals surface area (Å²) in [6.45, 7) is 2.12. The monoisotopic (exact) mass is 281 g/mol. The van der Waals surface area contributed by atoms with Crippen molar-refractivity contribution >= 4 is 11.7 Å². The van der Waals surface area contributed by atoms with Crippen molar-refractivity contribution in [3.8, 4) is 5.75 Å². The summed E-state index contributed by atoms with van der Waals surface area (Å²) in [6.07, 6.45) is 0. The molecule has 21 heavy (non-hydrogen) atoms. The van der Waals surface area contributed by atoms with Gasteiger partial charge in [-0.05, 0) is 31.2 Å². The zero-order valence-corrected chi connectivity index (χ0v) is 11.6. The molecule has 0 aromatic heterocycles. The van der Waals surface area contributed by atoms with Crippen molar-refractivity contribution in [1.29, 1.82) is 0 Å². The van der Waals surface area contributed by atoms with Gasteiger partial charge in [0, 0.05) is 5.56 Å². The zero-order valence-electron chi connectivity index (χ0n) is 11.6. The second-order valence-corrected chi connectivity index (χ2v) is 5.06. The van der Waals surface area contributed by atoms with E-state index in [0.717, 1.165) is 5.56 Å². The molecule has 1 amide bonds. The molecular weight excluding hydrogens is 266 g/mol. The minimum atomic E-state index is -0.645. The molecule has 1 unspecified atom stereocenters. The number of fused-ring (bicyclic) bond motifs is 1. The summed E-state index contributed by atoms with van der Waals surface area (Å²) in [5, 5.41) is 2.73. The summed E-state index contributed by atoms with van der Waals surface area (Å²) >= 11 is 0. The summed E-state index contributed by atoms with van der Waals surface area (Å²) < 4.78 is 5.53. The Morgan fingerprint density at radius 3 is 2.62 bits per heavy atom. The molecule has 1 aliphatic heterocycles. The molecule has 0 saturated carbocycles. The maximum atomic E-state index is 12.3. The number of nitrogens with one attached hydrogen (secondary N) is 1. The van der Waals surface area contributed by atoms with Crippen molar-refractivity contribution in [2.75, 3.05) is 6.61 Å². The highest BCUT2D eigenvalue weighted by Gasteiger charge is 2.29. The molecule has 0 saturated heterocycles. The Hall–Kier alpha value is -2.62. The zero-order chi connectivity index (χ0) is 14.8. The van der Waals surface area contributed by atoms with Crippen molar-refractivity contribution in [3.63, 3.8) is 0 Å². The Kier molecular flexibility index (Phi) is 3.44. The van der Waals surface area contributed by atoms with E-state index in [4.69, 9.17) is 4.74 Å². The van der Waals surface area contributed by atoms with Crippen molar-refractivity contribution in [1.82, 2.24) is 5.32 Å². The van der Waals surface area contributed by atoms with E-state index >= 15 is 0 Å². The second kappa shape index (κ2) is 5.40. The van der Waals surface area contributed by atoms with E-state index < -0.39 is 6.04 Å². The molecule has 4 nitrogen and oxygen atoms in total. The molecule has 1 aliphatic rings. The Morgan fingerprint density at radius 2 is 1.86 bits per heavy atom. The number of rotatable bonds is 2. The predicted octanol–water partition coefficient (Wildman–Crippen LogP) is 2.37. The third kappa shape index (κ3) is 2.65. The number of amides is 1. The van der Waals surface area contributed by atoms with Gasteiger partial charge in [-0.2, -0.15) is 0 Å². The van der Waals surface area contributed by atoms with E-state index in [1.807, 2.05) is 25.1 Å². The normalized spacial score (nSPS) is 16.8. The lowest BCUT2D eigenvalue weighted by Gasteiger charge is -2.24. The molecular formula is C17H15NO3. The minimum Gasteiger partial charge on any atom is -0.490 e. The molecule has 1 heterocycles. The van der Waals surface area contributed by atoms with Gasteiger partial charge in [-0.1, -0.05) is 29.8 Å². The standard InChI is InChI=1S/C17H15NO3/c1-11-6-8-12(9-7-11)17(20)18-14-10-21-15-5-3-2-4-13(15)16(14)19/h2-9,14H,10H2,1H3,(H,18,20). The third-order valence-electron chi connectivity index (χ3n) is 3.49. The lowest BCUT2D eigenvalue weighted by molar-refractivity contribution is 0.0795. The fourth-order valence-corrected chi connectivity index (χ4v) is 2.29. The fourth-order valence-electron chi connectivity index (χ4n) is 2.29. The molecule has 0 bridgehead atoms. The summed E-state index contributed by atoms with van der Waals surface area (Å²) in [6, 6.07) is 13.6. The van der Waals surface area contributed by atoms with Crippen molar-refractivity contribution in [3.05, 3.63) is 65.2 Å². The van der Waals surface area contributed by atoms with Gasteiger partial charge in [0.05, 0.1) is 5.56 Å². The summed E-state index contributed by atoms with van der Waals surface area (Å²) in [5.41, 5.74) is 2.13. The third-order valence-corrected chi connectivity index (χ3v) is 3.49. The Labute approximate surface area is 122 Å². The molecule has 1 atom stereocenters. The van der Waals surface area contributed by atoms with Gasteiger partial charge < -0.3 is 10.1 Å². The predicted molar refractivity (Wildman–Crippen MR) is 78.7 cm³/mol. The van der Waals surface area contributed by atoms with Crippen molar-refractivity contribution in [2.45, 2.75) is 13.0 Å². The largest absolute Gasteiger partial charge is 0.490 e. The van der Waals surface area contributed by atoms with Crippen LogP contribution in [0.3, 0.4) is 0 Å². The van der Waals surface area contributed by atoms with E-state index in [1.165, 1.54) is 0 Å². The van der Waals surface area contributed by atoms with Crippen LogP contribution < -0.4 is 10.1 Å². The van der Waals surface area contributed by atoms with Gasteiger partial charge >= 0.3 is 0 Å². The average molecular weight is 281 g/mol. The van der Waals surface area contributed by atoms with E-state index in [0.29, 0.717) is 16.9 Å². The maximum Gasteiger partial charge on any atom is 0.251 e.